The zero-order valence-electron chi connectivity index (χ0n) is 18.1. The van der Waals surface area contributed by atoms with Crippen molar-refractivity contribution in [1.82, 2.24) is 24.8 Å². The largest absolute Gasteiger partial charge is 0.329 e. The Bertz CT molecular complexity index is 975. The van der Waals surface area contributed by atoms with Gasteiger partial charge in [-0.2, -0.15) is 0 Å². The van der Waals surface area contributed by atoms with Crippen LogP contribution in [0.1, 0.15) is 22.8 Å². The maximum atomic E-state index is 6.57. The molecule has 32 heavy (non-hydrogen) atoms. The van der Waals surface area contributed by atoms with Gasteiger partial charge in [0.05, 0.1) is 11.4 Å². The first-order valence-corrected chi connectivity index (χ1v) is 10.8. The molecule has 4 aromatic heterocycles. The molecule has 0 fully saturated rings. The van der Waals surface area contributed by atoms with Gasteiger partial charge >= 0.3 is 0 Å². The second kappa shape index (κ2) is 10.7. The molecule has 162 valence electrons. The van der Waals surface area contributed by atoms with Crippen LogP contribution in [0.2, 0.25) is 0 Å². The molecule has 0 spiro atoms. The third-order valence-electron chi connectivity index (χ3n) is 5.68. The van der Waals surface area contributed by atoms with Crippen molar-refractivity contribution in [2.75, 3.05) is 6.54 Å². The standard InChI is InChI=1S/C26H28N6/c27-21-26(17-22-9-1-5-13-28-22,18-23-10-2-6-14-29-23)32(19-24-11-3-7-15-30-24)20-25-12-4-8-16-31-25/h1-16H,17-21,27H2. The van der Waals surface area contributed by atoms with Crippen molar-refractivity contribution in [3.05, 3.63) is 120 Å². The summed E-state index contributed by atoms with van der Waals surface area (Å²) >= 11 is 0. The fourth-order valence-corrected chi connectivity index (χ4v) is 4.00. The lowest BCUT2D eigenvalue weighted by molar-refractivity contribution is 0.0712. The first kappa shape index (κ1) is 21.7. The minimum absolute atomic E-state index is 0.419. The van der Waals surface area contributed by atoms with Crippen molar-refractivity contribution in [1.29, 1.82) is 0 Å². The molecule has 0 aromatic carbocycles. The molecule has 4 aromatic rings. The van der Waals surface area contributed by atoms with Crippen molar-refractivity contribution in [3.63, 3.8) is 0 Å². The molecule has 2 N–H and O–H groups in total. The Balaban J connectivity index is 1.76. The van der Waals surface area contributed by atoms with Gasteiger partial charge in [0.1, 0.15) is 0 Å². The van der Waals surface area contributed by atoms with Crippen molar-refractivity contribution in [3.8, 4) is 0 Å². The van der Waals surface area contributed by atoms with Crippen molar-refractivity contribution in [2.24, 2.45) is 5.73 Å². The molecule has 0 aliphatic rings. The third kappa shape index (κ3) is 5.60. The van der Waals surface area contributed by atoms with Crippen molar-refractivity contribution < 1.29 is 0 Å². The van der Waals surface area contributed by atoms with Crippen molar-refractivity contribution in [2.45, 2.75) is 31.5 Å². The van der Waals surface area contributed by atoms with E-state index in [2.05, 4.69) is 37.0 Å². The average molecular weight is 425 g/mol. The Labute approximate surface area is 189 Å². The van der Waals surface area contributed by atoms with Gasteiger partial charge < -0.3 is 5.73 Å². The van der Waals surface area contributed by atoms with E-state index >= 15 is 0 Å². The van der Waals surface area contributed by atoms with E-state index in [1.165, 1.54) is 0 Å². The van der Waals surface area contributed by atoms with E-state index < -0.39 is 5.54 Å². The number of hydrogen-bond acceptors (Lipinski definition) is 6. The summed E-state index contributed by atoms with van der Waals surface area (Å²) in [6.07, 6.45) is 8.71. The van der Waals surface area contributed by atoms with Crippen LogP contribution in [-0.2, 0) is 25.9 Å². The maximum absolute atomic E-state index is 6.57. The Hall–Kier alpha value is -3.48. The molecule has 0 saturated heterocycles. The van der Waals surface area contributed by atoms with Crippen LogP contribution in [0.15, 0.2) is 97.6 Å². The van der Waals surface area contributed by atoms with Crippen LogP contribution in [-0.4, -0.2) is 36.9 Å². The van der Waals surface area contributed by atoms with Gasteiger partial charge in [-0.25, -0.2) is 0 Å². The lowest BCUT2D eigenvalue weighted by atomic mass is 9.85. The molecule has 0 aliphatic carbocycles. The average Bonchev–Trinajstić information content (AvgIpc) is 2.86. The lowest BCUT2D eigenvalue weighted by Crippen LogP contribution is -2.56. The van der Waals surface area contributed by atoms with E-state index in [4.69, 9.17) is 5.73 Å². The predicted molar refractivity (Wildman–Crippen MR) is 125 cm³/mol. The summed E-state index contributed by atoms with van der Waals surface area (Å²) in [5.41, 5.74) is 10.1. The Morgan fingerprint density at radius 1 is 0.562 bits per heavy atom. The van der Waals surface area contributed by atoms with Crippen LogP contribution >= 0.6 is 0 Å². The van der Waals surface area contributed by atoms with Gasteiger partial charge in [0.2, 0.25) is 0 Å². The molecule has 0 unspecified atom stereocenters. The molecule has 4 rings (SSSR count). The van der Waals surface area contributed by atoms with Gasteiger partial charge in [-0.3, -0.25) is 24.8 Å². The van der Waals surface area contributed by atoms with Crippen LogP contribution in [0, 0.1) is 0 Å². The summed E-state index contributed by atoms with van der Waals surface area (Å²) < 4.78 is 0. The highest BCUT2D eigenvalue weighted by Gasteiger charge is 2.37. The van der Waals surface area contributed by atoms with Gasteiger partial charge in [0, 0.05) is 74.2 Å². The van der Waals surface area contributed by atoms with E-state index in [1.807, 2.05) is 85.5 Å². The highest BCUT2D eigenvalue weighted by Crippen LogP contribution is 2.28. The van der Waals surface area contributed by atoms with Crippen LogP contribution in [0.3, 0.4) is 0 Å². The first-order chi connectivity index (χ1) is 15.8. The molecule has 6 heteroatoms. The highest BCUT2D eigenvalue weighted by atomic mass is 15.2. The smallest absolute Gasteiger partial charge is 0.0544 e. The topological polar surface area (TPSA) is 80.8 Å². The maximum Gasteiger partial charge on any atom is 0.0544 e. The number of rotatable bonds is 10. The Morgan fingerprint density at radius 3 is 1.25 bits per heavy atom. The molecular weight excluding hydrogens is 396 g/mol. The minimum atomic E-state index is -0.419. The molecular formula is C26H28N6. The summed E-state index contributed by atoms with van der Waals surface area (Å²) in [5.74, 6) is 0. The lowest BCUT2D eigenvalue weighted by Gasteiger charge is -2.43. The van der Waals surface area contributed by atoms with E-state index in [9.17, 15) is 0 Å². The summed E-state index contributed by atoms with van der Waals surface area (Å²) in [6.45, 7) is 1.74. The number of nitrogens with two attached hydrogens (primary N) is 1. The first-order valence-electron chi connectivity index (χ1n) is 10.8. The van der Waals surface area contributed by atoms with Gasteiger partial charge in [-0.1, -0.05) is 24.3 Å². The van der Waals surface area contributed by atoms with Crippen LogP contribution in [0.4, 0.5) is 0 Å². The fraction of sp³-hybridized carbons (Fsp3) is 0.231. The van der Waals surface area contributed by atoms with Gasteiger partial charge in [-0.05, 0) is 48.5 Å². The SMILES string of the molecule is NCC(Cc1ccccn1)(Cc1ccccn1)N(Cc1ccccn1)Cc1ccccn1. The van der Waals surface area contributed by atoms with Crippen molar-refractivity contribution >= 4 is 0 Å². The summed E-state index contributed by atoms with van der Waals surface area (Å²) in [7, 11) is 0. The summed E-state index contributed by atoms with van der Waals surface area (Å²) in [6, 6.07) is 24.0. The molecule has 0 bridgehead atoms. The van der Waals surface area contributed by atoms with Crippen LogP contribution in [0.5, 0.6) is 0 Å². The molecule has 0 aliphatic heterocycles. The Morgan fingerprint density at radius 2 is 0.938 bits per heavy atom. The summed E-state index contributed by atoms with van der Waals surface area (Å²) in [5, 5.41) is 0. The second-order valence-electron chi connectivity index (χ2n) is 7.92. The number of aromatic nitrogens is 4. The monoisotopic (exact) mass is 424 g/mol. The minimum Gasteiger partial charge on any atom is -0.329 e. The zero-order valence-corrected chi connectivity index (χ0v) is 18.1. The second-order valence-corrected chi connectivity index (χ2v) is 7.92. The predicted octanol–water partition coefficient (Wildman–Crippen LogP) is 3.45. The number of pyridine rings is 4. The van der Waals surface area contributed by atoms with E-state index in [0.717, 1.165) is 22.8 Å². The number of nitrogens with zero attached hydrogens (tertiary/aromatic N) is 5. The normalized spacial score (nSPS) is 11.6. The quantitative estimate of drug-likeness (QED) is 0.420. The highest BCUT2D eigenvalue weighted by molar-refractivity contribution is 5.17. The fourth-order valence-electron chi connectivity index (χ4n) is 4.00. The van der Waals surface area contributed by atoms with Gasteiger partial charge in [0.15, 0.2) is 0 Å². The Kier molecular flexibility index (Phi) is 7.27. The van der Waals surface area contributed by atoms with Crippen LogP contribution in [0.25, 0.3) is 0 Å². The summed E-state index contributed by atoms with van der Waals surface area (Å²) in [4.78, 5) is 20.8. The molecule has 0 atom stereocenters. The van der Waals surface area contributed by atoms with E-state index in [1.54, 1.807) is 0 Å². The van der Waals surface area contributed by atoms with Gasteiger partial charge in [0.25, 0.3) is 0 Å². The molecule has 0 radical (unpaired) electrons. The zero-order chi connectivity index (χ0) is 22.1. The van der Waals surface area contributed by atoms with E-state index in [0.29, 0.717) is 32.5 Å². The molecule has 0 amide bonds. The van der Waals surface area contributed by atoms with Gasteiger partial charge in [-0.15, -0.1) is 0 Å². The van der Waals surface area contributed by atoms with Crippen LogP contribution < -0.4 is 5.73 Å². The number of hydrogen-bond donors (Lipinski definition) is 1. The molecule has 4 heterocycles. The molecule has 0 saturated carbocycles. The third-order valence-corrected chi connectivity index (χ3v) is 5.68. The van der Waals surface area contributed by atoms with E-state index in [-0.39, 0.29) is 0 Å². The molecule has 6 nitrogen and oxygen atoms in total.